The van der Waals surface area contributed by atoms with Crippen molar-refractivity contribution in [2.75, 3.05) is 0 Å². The Morgan fingerprint density at radius 2 is 0.293 bits per heavy atom. The second-order valence-corrected chi connectivity index (χ2v) is 23.8. The molecule has 0 radical (unpaired) electrons. The van der Waals surface area contributed by atoms with Gasteiger partial charge in [-0.05, 0) is 188 Å². The first kappa shape index (κ1) is 55.4. The molecule has 0 bridgehead atoms. The van der Waals surface area contributed by atoms with Gasteiger partial charge in [0.15, 0.2) is 0 Å². The molecule has 92 heavy (non-hydrogen) atoms. The van der Waals surface area contributed by atoms with Gasteiger partial charge in [0.1, 0.15) is 0 Å². The highest BCUT2D eigenvalue weighted by Crippen LogP contribution is 2.43. The Labute approximate surface area is 536 Å². The van der Waals surface area contributed by atoms with Crippen LogP contribution in [0.1, 0.15) is 0 Å². The lowest BCUT2D eigenvalue weighted by molar-refractivity contribution is 1.62. The molecule has 0 N–H and O–H groups in total. The van der Waals surface area contributed by atoms with E-state index in [4.69, 9.17) is 0 Å². The predicted molar refractivity (Wildman–Crippen MR) is 397 cm³/mol. The largest absolute Gasteiger partial charge is 0.0622 e. The molecule has 0 aliphatic carbocycles. The van der Waals surface area contributed by atoms with Gasteiger partial charge in [-0.25, -0.2) is 0 Å². The van der Waals surface area contributed by atoms with Gasteiger partial charge < -0.3 is 0 Å². The second-order valence-electron chi connectivity index (χ2n) is 23.8. The molecule has 0 amide bonds. The van der Waals surface area contributed by atoms with Gasteiger partial charge in [-0.2, -0.15) is 0 Å². The lowest BCUT2D eigenvalue weighted by Gasteiger charge is -2.16. The summed E-state index contributed by atoms with van der Waals surface area (Å²) in [5.74, 6) is 0. The van der Waals surface area contributed by atoms with Crippen molar-refractivity contribution in [1.29, 1.82) is 0 Å². The molecule has 18 aromatic rings. The van der Waals surface area contributed by atoms with E-state index < -0.39 is 0 Å². The summed E-state index contributed by atoms with van der Waals surface area (Å²) >= 11 is 0. The third kappa shape index (κ3) is 10.7. The van der Waals surface area contributed by atoms with Gasteiger partial charge in [-0.3, -0.25) is 0 Å². The highest BCUT2D eigenvalue weighted by Gasteiger charge is 2.16. The molecule has 0 saturated heterocycles. The van der Waals surface area contributed by atoms with Crippen molar-refractivity contribution in [3.63, 3.8) is 0 Å². The highest BCUT2D eigenvalue weighted by atomic mass is 14.2. The van der Waals surface area contributed by atoms with Crippen molar-refractivity contribution in [3.05, 3.63) is 376 Å². The molecule has 0 heterocycles. The lowest BCUT2D eigenvalue weighted by atomic mass is 9.88. The van der Waals surface area contributed by atoms with Gasteiger partial charge in [0.25, 0.3) is 0 Å². The average Bonchev–Trinajstić information content (AvgIpc) is 1.88. The molecule has 0 aliphatic heterocycles. The fourth-order valence-electron chi connectivity index (χ4n) is 13.9. The Morgan fingerprint density at radius 3 is 0.576 bits per heavy atom. The zero-order valence-corrected chi connectivity index (χ0v) is 50.8. The van der Waals surface area contributed by atoms with Gasteiger partial charge in [-0.15, -0.1) is 0 Å². The van der Waals surface area contributed by atoms with E-state index in [1.165, 1.54) is 164 Å². The summed E-state index contributed by atoms with van der Waals surface area (Å²) in [6.45, 7) is 0. The van der Waals surface area contributed by atoms with Crippen LogP contribution in [0.15, 0.2) is 376 Å². The highest BCUT2D eigenvalue weighted by molar-refractivity contribution is 6.13. The minimum Gasteiger partial charge on any atom is -0.0622 e. The summed E-state index contributed by atoms with van der Waals surface area (Å²) in [6.07, 6.45) is 0. The van der Waals surface area contributed by atoms with E-state index in [2.05, 4.69) is 376 Å². The summed E-state index contributed by atoms with van der Waals surface area (Å²) in [7, 11) is 0. The quantitative estimate of drug-likeness (QED) is 0.149. The van der Waals surface area contributed by atoms with Crippen LogP contribution >= 0.6 is 0 Å². The smallest absolute Gasteiger partial charge is 0.00987 e. The van der Waals surface area contributed by atoms with Crippen LogP contribution in [-0.2, 0) is 0 Å². The summed E-state index contributed by atoms with van der Waals surface area (Å²) in [6, 6.07) is 136. The molecule has 0 fully saturated rings. The maximum Gasteiger partial charge on any atom is -0.00987 e. The van der Waals surface area contributed by atoms with E-state index in [1.807, 2.05) is 0 Å². The van der Waals surface area contributed by atoms with E-state index in [9.17, 15) is 0 Å². The van der Waals surface area contributed by atoms with Crippen LogP contribution in [-0.4, -0.2) is 0 Å². The Kier molecular flexibility index (Phi) is 14.8. The van der Waals surface area contributed by atoms with Gasteiger partial charge in [0.2, 0.25) is 0 Å². The zero-order valence-electron chi connectivity index (χ0n) is 50.8. The van der Waals surface area contributed by atoms with Gasteiger partial charge >= 0.3 is 0 Å². The molecule has 0 heteroatoms. The third-order valence-corrected chi connectivity index (χ3v) is 18.4. The molecule has 0 spiro atoms. The molecule has 0 aromatic heterocycles. The van der Waals surface area contributed by atoms with Gasteiger partial charge in [0, 0.05) is 0 Å². The summed E-state index contributed by atoms with van der Waals surface area (Å²) in [5, 5.41) is 20.5. The maximum absolute atomic E-state index is 2.30. The van der Waals surface area contributed by atoms with Crippen LogP contribution in [0.5, 0.6) is 0 Å². The normalized spacial score (nSPS) is 11.3. The summed E-state index contributed by atoms with van der Waals surface area (Å²) in [4.78, 5) is 0. The van der Waals surface area contributed by atoms with Crippen molar-refractivity contribution in [1.82, 2.24) is 0 Å². The Balaban J connectivity index is 0.000000110. The second kappa shape index (κ2) is 24.5. The van der Waals surface area contributed by atoms with Crippen molar-refractivity contribution in [2.24, 2.45) is 0 Å². The SMILES string of the molecule is c1ccc(-c2ccc(-c3ccc(-c4ccccc4)c4ccccc34)c3ccccc23)cc1.c1ccc2cc(-c3ccc(-c4ccc5ccccc5c4)c4ccccc34)ccc2c1.c1ccc2cc(-c3cccc4c(-c5ccc6ccccc6c5)cccc34)ccc2c1. The monoisotopic (exact) mass is 1170 g/mol. The van der Waals surface area contributed by atoms with Crippen LogP contribution in [0.3, 0.4) is 0 Å². The van der Waals surface area contributed by atoms with Crippen LogP contribution < -0.4 is 0 Å². The van der Waals surface area contributed by atoms with E-state index in [1.54, 1.807) is 0 Å². The predicted octanol–water partition coefficient (Wildman–Crippen LogP) is 26.0. The lowest BCUT2D eigenvalue weighted by Crippen LogP contribution is -1.89. The average molecular weight is 1170 g/mol. The van der Waals surface area contributed by atoms with Crippen LogP contribution in [0.2, 0.25) is 0 Å². The maximum atomic E-state index is 2.30. The van der Waals surface area contributed by atoms with E-state index in [0.717, 1.165) is 0 Å². The summed E-state index contributed by atoms with van der Waals surface area (Å²) < 4.78 is 0. The van der Waals surface area contributed by atoms with Crippen molar-refractivity contribution in [3.8, 4) is 77.9 Å². The van der Waals surface area contributed by atoms with E-state index >= 15 is 0 Å². The molecule has 0 atom stereocenters. The number of rotatable bonds is 7. The van der Waals surface area contributed by atoms with Crippen molar-refractivity contribution in [2.45, 2.75) is 0 Å². The molecule has 430 valence electrons. The van der Waals surface area contributed by atoms with Gasteiger partial charge in [0.05, 0.1) is 0 Å². The minimum atomic E-state index is 1.25. The number of hydrogen-bond acceptors (Lipinski definition) is 0. The summed E-state index contributed by atoms with van der Waals surface area (Å²) in [5.41, 5.74) is 17.7. The topological polar surface area (TPSA) is 0 Å². The fourth-order valence-corrected chi connectivity index (χ4v) is 13.9. The molecule has 0 nitrogen and oxygen atoms in total. The van der Waals surface area contributed by atoms with Crippen LogP contribution in [0, 0.1) is 0 Å². The van der Waals surface area contributed by atoms with Crippen molar-refractivity contribution >= 4 is 86.2 Å². The van der Waals surface area contributed by atoms with Crippen LogP contribution in [0.25, 0.3) is 164 Å². The first-order chi connectivity index (χ1) is 45.6. The minimum absolute atomic E-state index is 1.25. The number of fused-ring (bicyclic) bond motifs is 8. The fraction of sp³-hybridized carbons (Fsp3) is 0. The number of benzene rings is 18. The zero-order chi connectivity index (χ0) is 61.2. The Morgan fingerprint density at radius 1 is 0.0978 bits per heavy atom. The molecule has 0 aliphatic rings. The third-order valence-electron chi connectivity index (χ3n) is 18.4. The molecule has 18 aromatic carbocycles. The first-order valence-electron chi connectivity index (χ1n) is 31.8. The van der Waals surface area contributed by atoms with Gasteiger partial charge in [-0.1, -0.05) is 352 Å². The number of hydrogen-bond donors (Lipinski definition) is 0. The molecular weight excluding hydrogens is 1110 g/mol. The molecule has 0 unspecified atom stereocenters. The standard InChI is InChI=1S/C32H22.2C30H20/c1-3-11-23(12-4-1)25-19-21-31(29-17-9-7-15-27(25)29)32-22-20-26(24-13-5-2-6-14-24)28-16-8-10-18-30(28)32;1-3-9-23-19-25(17-15-21(23)7-1)27-11-5-14-30-28(12-6-13-29(27)30)26-18-16-22-8-2-4-10-24(22)20-26;1-3-9-23-19-25(15-13-21(23)7-1)27-17-18-28(30-12-6-5-11-29(27)30)26-16-14-22-8-2-4-10-24(22)20-26/h1-22H;2*1-20H. The van der Waals surface area contributed by atoms with Crippen molar-refractivity contribution < 1.29 is 0 Å². The Bertz CT molecular complexity index is 5210. The first-order valence-corrected chi connectivity index (χ1v) is 31.8. The Hall–Kier alpha value is -12.0. The molecular formula is C92H62. The van der Waals surface area contributed by atoms with E-state index in [0.29, 0.717) is 0 Å². The molecule has 18 rings (SSSR count). The van der Waals surface area contributed by atoms with E-state index in [-0.39, 0.29) is 0 Å². The van der Waals surface area contributed by atoms with Crippen LogP contribution in [0.4, 0.5) is 0 Å². The molecule has 0 saturated carbocycles.